The van der Waals surface area contributed by atoms with E-state index in [-0.39, 0.29) is 0 Å². The summed E-state index contributed by atoms with van der Waals surface area (Å²) in [5.41, 5.74) is 1.17. The summed E-state index contributed by atoms with van der Waals surface area (Å²) in [6.07, 6.45) is 7.98. The van der Waals surface area contributed by atoms with Crippen LogP contribution in [-0.4, -0.2) is 15.8 Å². The zero-order valence-electron chi connectivity index (χ0n) is 7.45. The van der Waals surface area contributed by atoms with E-state index in [2.05, 4.69) is 23.5 Å². The average Bonchev–Trinajstić information content (AvgIpc) is 2.44. The number of nitrogens with one attached hydrogen (secondary N) is 1. The molecule has 1 heterocycles. The lowest BCUT2D eigenvalue weighted by atomic mass is 9.93. The molecule has 1 N–H and O–H groups in total. The molecule has 0 radical (unpaired) electrons. The number of hydrogen-bond donors (Lipinski definition) is 1. The van der Waals surface area contributed by atoms with Gasteiger partial charge in [-0.05, 0) is 26.2 Å². The Hall–Kier alpha value is -0.990. The Morgan fingerprint density at radius 1 is 1.67 bits per heavy atom. The van der Waals surface area contributed by atoms with Crippen molar-refractivity contribution >= 4 is 5.69 Å². The molecule has 0 aromatic carbocycles. The smallest absolute Gasteiger partial charge is 0.0728 e. The van der Waals surface area contributed by atoms with Crippen molar-refractivity contribution in [2.75, 3.05) is 5.32 Å². The molecule has 0 unspecified atom stereocenters. The highest BCUT2D eigenvalue weighted by Crippen LogP contribution is 2.22. The van der Waals surface area contributed by atoms with E-state index in [0.717, 1.165) is 6.54 Å². The number of aryl methyl sites for hydroxylation is 1. The van der Waals surface area contributed by atoms with Gasteiger partial charge in [0.1, 0.15) is 0 Å². The van der Waals surface area contributed by atoms with Crippen LogP contribution >= 0.6 is 0 Å². The zero-order chi connectivity index (χ0) is 8.39. The van der Waals surface area contributed by atoms with Crippen molar-refractivity contribution in [2.45, 2.75) is 38.8 Å². The number of anilines is 1. The molecule has 0 bridgehead atoms. The van der Waals surface area contributed by atoms with Crippen molar-refractivity contribution in [3.63, 3.8) is 0 Å². The predicted molar refractivity (Wildman–Crippen MR) is 49.2 cm³/mol. The van der Waals surface area contributed by atoms with E-state index in [1.54, 1.807) is 0 Å². The minimum absolute atomic E-state index is 0.708. The summed E-state index contributed by atoms with van der Waals surface area (Å²) in [6.45, 7) is 3.05. The maximum atomic E-state index is 4.20. The van der Waals surface area contributed by atoms with E-state index in [9.17, 15) is 0 Å². The van der Waals surface area contributed by atoms with Crippen molar-refractivity contribution in [3.8, 4) is 0 Å². The molecule has 1 aliphatic carbocycles. The topological polar surface area (TPSA) is 29.9 Å². The Kier molecular flexibility index (Phi) is 2.02. The molecular weight excluding hydrogens is 150 g/mol. The van der Waals surface area contributed by atoms with Crippen molar-refractivity contribution in [1.29, 1.82) is 0 Å². The normalized spacial score (nSPS) is 17.4. The van der Waals surface area contributed by atoms with Gasteiger partial charge in [-0.25, -0.2) is 0 Å². The molecule has 0 saturated heterocycles. The molecule has 12 heavy (non-hydrogen) atoms. The van der Waals surface area contributed by atoms with Gasteiger partial charge < -0.3 is 5.32 Å². The highest BCUT2D eigenvalue weighted by atomic mass is 15.3. The van der Waals surface area contributed by atoms with Gasteiger partial charge in [0.25, 0.3) is 0 Å². The predicted octanol–water partition coefficient (Wildman–Crippen LogP) is 1.87. The lowest BCUT2D eigenvalue weighted by Crippen LogP contribution is -2.26. The van der Waals surface area contributed by atoms with Gasteiger partial charge in [0.15, 0.2) is 0 Å². The van der Waals surface area contributed by atoms with Gasteiger partial charge >= 0.3 is 0 Å². The van der Waals surface area contributed by atoms with Gasteiger partial charge in [-0.15, -0.1) is 0 Å². The van der Waals surface area contributed by atoms with Crippen LogP contribution in [0.1, 0.15) is 26.2 Å². The van der Waals surface area contributed by atoms with Gasteiger partial charge in [-0.2, -0.15) is 5.10 Å². The van der Waals surface area contributed by atoms with Crippen LogP contribution < -0.4 is 5.32 Å². The Labute approximate surface area is 72.8 Å². The summed E-state index contributed by atoms with van der Waals surface area (Å²) in [7, 11) is 0. The zero-order valence-corrected chi connectivity index (χ0v) is 7.45. The van der Waals surface area contributed by atoms with Crippen LogP contribution in [-0.2, 0) is 6.54 Å². The number of nitrogens with zero attached hydrogens (tertiary/aromatic N) is 2. The van der Waals surface area contributed by atoms with Crippen LogP contribution in [0.25, 0.3) is 0 Å². The molecule has 0 atom stereocenters. The third-order valence-electron chi connectivity index (χ3n) is 2.43. The monoisotopic (exact) mass is 165 g/mol. The second-order valence-corrected chi connectivity index (χ2v) is 3.36. The minimum atomic E-state index is 0.708. The van der Waals surface area contributed by atoms with Crippen molar-refractivity contribution in [2.24, 2.45) is 0 Å². The van der Waals surface area contributed by atoms with Crippen LogP contribution in [0, 0.1) is 0 Å². The van der Waals surface area contributed by atoms with Crippen LogP contribution in [0.4, 0.5) is 5.69 Å². The molecule has 1 fully saturated rings. The van der Waals surface area contributed by atoms with Gasteiger partial charge in [0, 0.05) is 18.8 Å². The first-order valence-electron chi connectivity index (χ1n) is 4.67. The van der Waals surface area contributed by atoms with Crippen molar-refractivity contribution in [1.82, 2.24) is 9.78 Å². The number of aromatic nitrogens is 2. The van der Waals surface area contributed by atoms with E-state index < -0.39 is 0 Å². The largest absolute Gasteiger partial charge is 0.380 e. The SMILES string of the molecule is CCn1cc(NC2CCC2)cn1. The first-order valence-corrected chi connectivity index (χ1v) is 4.67. The third kappa shape index (κ3) is 1.44. The van der Waals surface area contributed by atoms with Crippen LogP contribution in [0.3, 0.4) is 0 Å². The molecule has 66 valence electrons. The van der Waals surface area contributed by atoms with Gasteiger partial charge in [-0.1, -0.05) is 0 Å². The maximum Gasteiger partial charge on any atom is 0.0728 e. The lowest BCUT2D eigenvalue weighted by Gasteiger charge is -2.26. The lowest BCUT2D eigenvalue weighted by molar-refractivity contribution is 0.445. The van der Waals surface area contributed by atoms with E-state index in [1.165, 1.54) is 24.9 Å². The Morgan fingerprint density at radius 3 is 3.00 bits per heavy atom. The Bertz CT molecular complexity index is 250. The fraction of sp³-hybridized carbons (Fsp3) is 0.667. The van der Waals surface area contributed by atoms with Gasteiger partial charge in [-0.3, -0.25) is 4.68 Å². The summed E-state index contributed by atoms with van der Waals surface area (Å²) in [4.78, 5) is 0. The number of hydrogen-bond acceptors (Lipinski definition) is 2. The minimum Gasteiger partial charge on any atom is -0.380 e. The van der Waals surface area contributed by atoms with Crippen LogP contribution in [0.5, 0.6) is 0 Å². The highest BCUT2D eigenvalue weighted by Gasteiger charge is 2.16. The summed E-state index contributed by atoms with van der Waals surface area (Å²) in [5.74, 6) is 0. The van der Waals surface area contributed by atoms with E-state index >= 15 is 0 Å². The molecule has 0 amide bonds. The van der Waals surface area contributed by atoms with Gasteiger partial charge in [0.05, 0.1) is 11.9 Å². The van der Waals surface area contributed by atoms with Crippen molar-refractivity contribution < 1.29 is 0 Å². The molecule has 3 nitrogen and oxygen atoms in total. The second-order valence-electron chi connectivity index (χ2n) is 3.36. The third-order valence-corrected chi connectivity index (χ3v) is 2.43. The molecule has 1 saturated carbocycles. The molecule has 3 heteroatoms. The highest BCUT2D eigenvalue weighted by molar-refractivity contribution is 5.39. The summed E-state index contributed by atoms with van der Waals surface area (Å²) in [5, 5.41) is 7.65. The van der Waals surface area contributed by atoms with E-state index in [0.29, 0.717) is 6.04 Å². The fourth-order valence-electron chi connectivity index (χ4n) is 1.40. The molecule has 1 aromatic heterocycles. The Balaban J connectivity index is 1.93. The molecule has 0 spiro atoms. The average molecular weight is 165 g/mol. The first kappa shape index (κ1) is 7.65. The number of rotatable bonds is 3. The molecule has 2 rings (SSSR count). The second kappa shape index (κ2) is 3.17. The standard InChI is InChI=1S/C9H15N3/c1-2-12-7-9(6-10-12)11-8-4-3-5-8/h6-8,11H,2-5H2,1H3. The molecule has 1 aromatic rings. The maximum absolute atomic E-state index is 4.20. The quantitative estimate of drug-likeness (QED) is 0.741. The fourth-order valence-corrected chi connectivity index (χ4v) is 1.40. The van der Waals surface area contributed by atoms with Crippen LogP contribution in [0.2, 0.25) is 0 Å². The summed E-state index contributed by atoms with van der Waals surface area (Å²) >= 11 is 0. The van der Waals surface area contributed by atoms with Crippen molar-refractivity contribution in [3.05, 3.63) is 12.4 Å². The molecular formula is C9H15N3. The summed E-state index contributed by atoms with van der Waals surface area (Å²) < 4.78 is 1.95. The molecule has 1 aliphatic rings. The summed E-state index contributed by atoms with van der Waals surface area (Å²) in [6, 6.07) is 0.708. The van der Waals surface area contributed by atoms with Crippen LogP contribution in [0.15, 0.2) is 12.4 Å². The van der Waals surface area contributed by atoms with E-state index in [1.807, 2.05) is 10.9 Å². The Morgan fingerprint density at radius 2 is 2.50 bits per heavy atom. The van der Waals surface area contributed by atoms with E-state index in [4.69, 9.17) is 0 Å². The van der Waals surface area contributed by atoms with Gasteiger partial charge in [0.2, 0.25) is 0 Å². The molecule has 0 aliphatic heterocycles. The first-order chi connectivity index (χ1) is 5.88.